The number of carboxylic acids is 1. The Hall–Kier alpha value is -3.32. The van der Waals surface area contributed by atoms with Crippen molar-refractivity contribution in [3.8, 4) is 5.75 Å². The Kier molecular flexibility index (Phi) is 7.23. The maximum Gasteiger partial charge on any atom is 0.335 e. The van der Waals surface area contributed by atoms with Crippen molar-refractivity contribution < 1.29 is 23.4 Å². The van der Waals surface area contributed by atoms with Gasteiger partial charge in [-0.15, -0.1) is 0 Å². The molecule has 8 heteroatoms. The van der Waals surface area contributed by atoms with Crippen molar-refractivity contribution in [3.05, 3.63) is 87.4 Å². The zero-order chi connectivity index (χ0) is 27.0. The third-order valence-corrected chi connectivity index (χ3v) is 8.17. The highest BCUT2D eigenvalue weighted by atomic mass is 35.5. The normalized spacial score (nSPS) is 17.3. The first-order valence-electron chi connectivity index (χ1n) is 13.0. The van der Waals surface area contributed by atoms with Gasteiger partial charge < -0.3 is 20.5 Å². The number of carboxylic acid groups (broad SMARTS) is 1. The molecule has 38 heavy (non-hydrogen) atoms. The highest BCUT2D eigenvalue weighted by molar-refractivity contribution is 6.30. The molecule has 1 fully saturated rings. The molecular formula is C30H31ClF2N2O3. The molecule has 2 aliphatic rings. The molecule has 1 heterocycles. The zero-order valence-electron chi connectivity index (χ0n) is 21.4. The maximum atomic E-state index is 14.3. The number of hydrogen-bond acceptors (Lipinski definition) is 4. The summed E-state index contributed by atoms with van der Waals surface area (Å²) in [6.45, 7) is 3.99. The number of hydrogen-bond donors (Lipinski definition) is 3. The molecule has 3 N–H and O–H groups in total. The van der Waals surface area contributed by atoms with E-state index >= 15 is 0 Å². The van der Waals surface area contributed by atoms with Gasteiger partial charge in [0, 0.05) is 23.1 Å². The topological polar surface area (TPSA) is 70.6 Å². The van der Waals surface area contributed by atoms with Crippen LogP contribution in [0.25, 0.3) is 0 Å². The second kappa shape index (κ2) is 10.4. The summed E-state index contributed by atoms with van der Waals surface area (Å²) in [5.74, 6) is -2.04. The average molecular weight is 541 g/mol. The Morgan fingerprint density at radius 2 is 1.55 bits per heavy atom. The molecule has 3 aromatic carbocycles. The fraction of sp³-hybridized carbons (Fsp3) is 0.367. The predicted molar refractivity (Wildman–Crippen MR) is 145 cm³/mol. The van der Waals surface area contributed by atoms with Crippen LogP contribution < -0.4 is 15.4 Å². The van der Waals surface area contributed by atoms with E-state index in [-0.39, 0.29) is 17.4 Å². The van der Waals surface area contributed by atoms with E-state index in [1.807, 2.05) is 38.1 Å². The lowest BCUT2D eigenvalue weighted by Gasteiger charge is -2.44. The molecular weight excluding hydrogens is 510 g/mol. The van der Waals surface area contributed by atoms with E-state index in [1.165, 1.54) is 18.6 Å². The zero-order valence-corrected chi connectivity index (χ0v) is 22.2. The first-order valence-corrected chi connectivity index (χ1v) is 13.3. The third kappa shape index (κ3) is 4.92. The number of rotatable bonds is 7. The van der Waals surface area contributed by atoms with Crippen molar-refractivity contribution in [2.45, 2.75) is 51.6 Å². The predicted octanol–water partition coefficient (Wildman–Crippen LogP) is 7.90. The first-order chi connectivity index (χ1) is 18.2. The van der Waals surface area contributed by atoms with Crippen LogP contribution in [0, 0.1) is 37.3 Å². The molecule has 0 radical (unpaired) electrons. The van der Waals surface area contributed by atoms with E-state index < -0.39 is 23.3 Å². The summed E-state index contributed by atoms with van der Waals surface area (Å²) in [5, 5.41) is 17.1. The average Bonchev–Trinajstić information content (AvgIpc) is 3.25. The summed E-state index contributed by atoms with van der Waals surface area (Å²) in [7, 11) is 0. The van der Waals surface area contributed by atoms with Crippen molar-refractivity contribution in [1.82, 2.24) is 0 Å². The summed E-state index contributed by atoms with van der Waals surface area (Å²) < 4.78 is 35.0. The van der Waals surface area contributed by atoms with Crippen LogP contribution in [0.15, 0.2) is 48.5 Å². The van der Waals surface area contributed by atoms with Gasteiger partial charge in [0.15, 0.2) is 11.6 Å². The third-order valence-electron chi connectivity index (χ3n) is 7.91. The molecule has 3 aromatic rings. The lowest BCUT2D eigenvalue weighted by molar-refractivity contribution is 0.0696. The number of halogens is 3. The van der Waals surface area contributed by atoms with Gasteiger partial charge in [-0.1, -0.05) is 43.0 Å². The number of carbonyl (C=O) groups is 1. The van der Waals surface area contributed by atoms with E-state index in [0.717, 1.165) is 42.4 Å². The first kappa shape index (κ1) is 26.3. The minimum atomic E-state index is -0.985. The smallest absolute Gasteiger partial charge is 0.335 e. The van der Waals surface area contributed by atoms with Crippen molar-refractivity contribution in [1.29, 1.82) is 0 Å². The van der Waals surface area contributed by atoms with Crippen LogP contribution in [0.5, 0.6) is 5.75 Å². The second-order valence-electron chi connectivity index (χ2n) is 10.4. The SMILES string of the molecule is Cc1cc(C(=O)O)cc(C)c1OCC(C1CCCCC1)C1(c2ccc(Cl)cc2)Nc2cc(F)c(F)cc2N1. The van der Waals surface area contributed by atoms with Gasteiger partial charge >= 0.3 is 5.97 Å². The van der Waals surface area contributed by atoms with Gasteiger partial charge in [-0.25, -0.2) is 13.6 Å². The van der Waals surface area contributed by atoms with Gasteiger partial charge in [-0.3, -0.25) is 0 Å². The summed E-state index contributed by atoms with van der Waals surface area (Å²) >= 11 is 6.23. The molecule has 0 saturated heterocycles. The molecule has 5 rings (SSSR count). The Balaban J connectivity index is 1.57. The summed E-state index contributed by atoms with van der Waals surface area (Å²) in [4.78, 5) is 11.5. The standard InChI is InChI=1S/C30H31ClF2N2O3/c1-17-12-20(29(36)37)13-18(2)28(17)38-16-23(19-6-4-3-5-7-19)30(21-8-10-22(31)11-9-21)34-26-14-24(32)25(33)15-27(26)35-30/h8-15,19,23,34-35H,3-7,16H2,1-2H3,(H,36,37). The number of benzene rings is 3. The molecule has 0 bridgehead atoms. The van der Waals surface area contributed by atoms with E-state index in [2.05, 4.69) is 10.6 Å². The number of fused-ring (bicyclic) bond motifs is 1. The molecule has 1 aliphatic heterocycles. The number of anilines is 2. The van der Waals surface area contributed by atoms with Gasteiger partial charge in [0.25, 0.3) is 0 Å². The van der Waals surface area contributed by atoms with Crippen LogP contribution in [-0.4, -0.2) is 17.7 Å². The summed E-state index contributed by atoms with van der Waals surface area (Å²) in [6, 6.07) is 13.1. The van der Waals surface area contributed by atoms with Gasteiger partial charge in [0.2, 0.25) is 0 Å². The maximum absolute atomic E-state index is 14.3. The Labute approximate surface area is 226 Å². The Morgan fingerprint density at radius 3 is 2.08 bits per heavy atom. The molecule has 0 spiro atoms. The fourth-order valence-electron chi connectivity index (χ4n) is 6.09. The minimum absolute atomic E-state index is 0.138. The molecule has 1 aliphatic carbocycles. The Bertz CT molecular complexity index is 1300. The monoisotopic (exact) mass is 540 g/mol. The highest BCUT2D eigenvalue weighted by Gasteiger charge is 2.49. The molecule has 0 amide bonds. The number of aryl methyl sites for hydroxylation is 2. The van der Waals surface area contributed by atoms with Crippen LogP contribution in [0.3, 0.4) is 0 Å². The molecule has 1 unspecified atom stereocenters. The van der Waals surface area contributed by atoms with Crippen molar-refractivity contribution in [2.75, 3.05) is 17.2 Å². The minimum Gasteiger partial charge on any atom is -0.493 e. The largest absolute Gasteiger partial charge is 0.493 e. The van der Waals surface area contributed by atoms with Gasteiger partial charge in [-0.2, -0.15) is 0 Å². The van der Waals surface area contributed by atoms with E-state index in [1.54, 1.807) is 12.1 Å². The van der Waals surface area contributed by atoms with Crippen molar-refractivity contribution in [3.63, 3.8) is 0 Å². The second-order valence-corrected chi connectivity index (χ2v) is 10.9. The summed E-state index contributed by atoms with van der Waals surface area (Å²) in [6.07, 6.45) is 5.37. The van der Waals surface area contributed by atoms with Gasteiger partial charge in [0.05, 0.1) is 23.5 Å². The molecule has 1 saturated carbocycles. The quantitative estimate of drug-likeness (QED) is 0.284. The molecule has 1 atom stereocenters. The van der Waals surface area contributed by atoms with Crippen LogP contribution in [0.2, 0.25) is 5.02 Å². The lowest BCUT2D eigenvalue weighted by Crippen LogP contribution is -2.51. The number of nitrogens with one attached hydrogen (secondary N) is 2. The van der Waals surface area contributed by atoms with E-state index in [0.29, 0.717) is 28.8 Å². The highest BCUT2D eigenvalue weighted by Crippen LogP contribution is 2.49. The van der Waals surface area contributed by atoms with Crippen LogP contribution in [0.4, 0.5) is 20.2 Å². The molecule has 0 aromatic heterocycles. The molecule has 200 valence electrons. The van der Waals surface area contributed by atoms with Crippen LogP contribution in [-0.2, 0) is 5.66 Å². The Morgan fingerprint density at radius 1 is 1.00 bits per heavy atom. The van der Waals surface area contributed by atoms with E-state index in [9.17, 15) is 18.7 Å². The van der Waals surface area contributed by atoms with Crippen molar-refractivity contribution in [2.24, 2.45) is 11.8 Å². The number of aromatic carboxylic acids is 1. The van der Waals surface area contributed by atoms with Gasteiger partial charge in [-0.05, 0) is 73.6 Å². The van der Waals surface area contributed by atoms with Crippen LogP contribution in [0.1, 0.15) is 59.2 Å². The van der Waals surface area contributed by atoms with Crippen molar-refractivity contribution >= 4 is 28.9 Å². The molecule has 5 nitrogen and oxygen atoms in total. The van der Waals surface area contributed by atoms with Gasteiger partial charge in [0.1, 0.15) is 11.4 Å². The fourth-order valence-corrected chi connectivity index (χ4v) is 6.22. The lowest BCUT2D eigenvalue weighted by atomic mass is 9.72. The van der Waals surface area contributed by atoms with E-state index in [4.69, 9.17) is 16.3 Å². The number of ether oxygens (including phenoxy) is 1. The van der Waals surface area contributed by atoms with Crippen LogP contribution >= 0.6 is 11.6 Å². The summed E-state index contributed by atoms with van der Waals surface area (Å²) in [5.41, 5.74) is 2.64.